The number of fused-ring (bicyclic) bond motifs is 3. The molecule has 0 saturated carbocycles. The second kappa shape index (κ2) is 7.32. The molecule has 0 fully saturated rings. The van der Waals surface area contributed by atoms with Crippen molar-refractivity contribution < 1.29 is 9.53 Å². The SMILES string of the molecule is O=C(Nc1cccc(-c2cn3c(n2)SCC3)c1)C1c2ccccc2Oc2ccccc21. The Morgan fingerprint density at radius 2 is 1.74 bits per heavy atom. The minimum absolute atomic E-state index is 0.0803. The first-order valence-electron chi connectivity index (χ1n) is 10.2. The molecular formula is C25H19N3O2S. The topological polar surface area (TPSA) is 56.2 Å². The van der Waals surface area contributed by atoms with Crippen molar-refractivity contribution in [3.8, 4) is 22.8 Å². The molecule has 1 aromatic heterocycles. The summed E-state index contributed by atoms with van der Waals surface area (Å²) in [5, 5.41) is 4.17. The highest BCUT2D eigenvalue weighted by atomic mass is 32.2. The highest BCUT2D eigenvalue weighted by Crippen LogP contribution is 2.44. The zero-order chi connectivity index (χ0) is 20.8. The van der Waals surface area contributed by atoms with E-state index in [1.54, 1.807) is 11.8 Å². The molecule has 1 amide bonds. The number of nitrogens with zero attached hydrogens (tertiary/aromatic N) is 2. The summed E-state index contributed by atoms with van der Waals surface area (Å²) < 4.78 is 8.20. The number of ether oxygens (including phenoxy) is 1. The molecular weight excluding hydrogens is 406 g/mol. The first-order chi connectivity index (χ1) is 15.3. The number of carbonyl (C=O) groups excluding carboxylic acids is 1. The average Bonchev–Trinajstić information content (AvgIpc) is 3.40. The van der Waals surface area contributed by atoms with Crippen LogP contribution in [0, 0.1) is 0 Å². The van der Waals surface area contributed by atoms with Gasteiger partial charge in [-0.2, -0.15) is 0 Å². The third kappa shape index (κ3) is 3.20. The summed E-state index contributed by atoms with van der Waals surface area (Å²) in [5.74, 6) is 2.01. The van der Waals surface area contributed by atoms with Gasteiger partial charge in [-0.1, -0.05) is 60.3 Å². The van der Waals surface area contributed by atoms with Crippen LogP contribution in [-0.4, -0.2) is 21.2 Å². The number of amides is 1. The molecule has 3 heterocycles. The van der Waals surface area contributed by atoms with Crippen molar-refractivity contribution in [1.29, 1.82) is 0 Å². The van der Waals surface area contributed by atoms with Gasteiger partial charge in [0.15, 0.2) is 5.16 Å². The van der Waals surface area contributed by atoms with Crippen molar-refractivity contribution in [2.75, 3.05) is 11.1 Å². The fraction of sp³-hybridized carbons (Fsp3) is 0.120. The van der Waals surface area contributed by atoms with Crippen molar-refractivity contribution in [3.05, 3.63) is 90.1 Å². The normalized spacial score (nSPS) is 14.3. The maximum atomic E-state index is 13.5. The molecule has 0 bridgehead atoms. The van der Waals surface area contributed by atoms with E-state index in [2.05, 4.69) is 16.1 Å². The van der Waals surface area contributed by atoms with Crippen molar-refractivity contribution >= 4 is 23.4 Å². The molecule has 6 heteroatoms. The van der Waals surface area contributed by atoms with Crippen LogP contribution in [0.5, 0.6) is 11.5 Å². The van der Waals surface area contributed by atoms with Gasteiger partial charge in [0.2, 0.25) is 5.91 Å². The standard InChI is InChI=1S/C25H19N3O2S/c29-24(23-18-8-1-3-10-21(18)30-22-11-4-2-9-19(22)23)26-17-7-5-6-16(14-17)20-15-28-12-13-31-25(28)27-20/h1-11,14-15,23H,12-13H2,(H,26,29). The van der Waals surface area contributed by atoms with Crippen molar-refractivity contribution in [2.45, 2.75) is 17.6 Å². The van der Waals surface area contributed by atoms with Crippen LogP contribution in [0.25, 0.3) is 11.3 Å². The van der Waals surface area contributed by atoms with E-state index in [9.17, 15) is 4.79 Å². The molecule has 0 spiro atoms. The lowest BCUT2D eigenvalue weighted by molar-refractivity contribution is -0.116. The van der Waals surface area contributed by atoms with Gasteiger partial charge >= 0.3 is 0 Å². The predicted molar refractivity (Wildman–Crippen MR) is 122 cm³/mol. The molecule has 0 unspecified atom stereocenters. The molecule has 0 aliphatic carbocycles. The Labute approximate surface area is 184 Å². The zero-order valence-corrected chi connectivity index (χ0v) is 17.4. The number of rotatable bonds is 3. The molecule has 31 heavy (non-hydrogen) atoms. The Kier molecular flexibility index (Phi) is 4.32. The number of hydrogen-bond donors (Lipinski definition) is 1. The highest BCUT2D eigenvalue weighted by molar-refractivity contribution is 7.99. The second-order valence-electron chi connectivity index (χ2n) is 7.63. The average molecular weight is 426 g/mol. The van der Waals surface area contributed by atoms with E-state index in [-0.39, 0.29) is 5.91 Å². The molecule has 152 valence electrons. The minimum Gasteiger partial charge on any atom is -0.457 e. The molecule has 4 aromatic rings. The van der Waals surface area contributed by atoms with Gasteiger partial charge in [0.05, 0.1) is 11.6 Å². The number of anilines is 1. The van der Waals surface area contributed by atoms with Crippen LogP contribution >= 0.6 is 11.8 Å². The van der Waals surface area contributed by atoms with E-state index in [0.29, 0.717) is 0 Å². The molecule has 0 atom stereocenters. The summed E-state index contributed by atoms with van der Waals surface area (Å²) >= 11 is 1.77. The van der Waals surface area contributed by atoms with Gasteiger partial charge in [-0.05, 0) is 24.3 Å². The summed E-state index contributed by atoms with van der Waals surface area (Å²) in [4.78, 5) is 18.2. The number of thioether (sulfide) groups is 1. The lowest BCUT2D eigenvalue weighted by Crippen LogP contribution is -2.25. The Morgan fingerprint density at radius 1 is 1.00 bits per heavy atom. The van der Waals surface area contributed by atoms with Crippen molar-refractivity contribution in [2.24, 2.45) is 0 Å². The summed E-state index contributed by atoms with van der Waals surface area (Å²) in [6, 6.07) is 23.3. The predicted octanol–water partition coefficient (Wildman–Crippen LogP) is 5.53. The van der Waals surface area contributed by atoms with Crippen LogP contribution in [0.1, 0.15) is 17.0 Å². The minimum atomic E-state index is -0.433. The van der Waals surface area contributed by atoms with Crippen LogP contribution in [0.3, 0.4) is 0 Å². The second-order valence-corrected chi connectivity index (χ2v) is 8.69. The van der Waals surface area contributed by atoms with E-state index in [1.807, 2.05) is 72.8 Å². The van der Waals surface area contributed by atoms with Gasteiger partial charge in [0, 0.05) is 40.9 Å². The van der Waals surface area contributed by atoms with Gasteiger partial charge in [0.1, 0.15) is 11.5 Å². The number of hydrogen-bond acceptors (Lipinski definition) is 4. The third-order valence-corrected chi connectivity index (χ3v) is 6.64. The maximum Gasteiger partial charge on any atom is 0.236 e. The first kappa shape index (κ1) is 18.3. The molecule has 0 radical (unpaired) electrons. The van der Waals surface area contributed by atoms with Gasteiger partial charge < -0.3 is 14.6 Å². The van der Waals surface area contributed by atoms with E-state index >= 15 is 0 Å². The maximum absolute atomic E-state index is 13.5. The summed E-state index contributed by atoms with van der Waals surface area (Å²) in [6.45, 7) is 0.992. The number of para-hydroxylation sites is 2. The molecule has 0 saturated heterocycles. The first-order valence-corrected chi connectivity index (χ1v) is 11.2. The summed E-state index contributed by atoms with van der Waals surface area (Å²) in [6.07, 6.45) is 2.08. The monoisotopic (exact) mass is 425 g/mol. The van der Waals surface area contributed by atoms with Crippen LogP contribution in [0.2, 0.25) is 0 Å². The van der Waals surface area contributed by atoms with Crippen LogP contribution in [0.15, 0.2) is 84.1 Å². The fourth-order valence-electron chi connectivity index (χ4n) is 4.21. The highest BCUT2D eigenvalue weighted by Gasteiger charge is 2.32. The van der Waals surface area contributed by atoms with E-state index < -0.39 is 5.92 Å². The van der Waals surface area contributed by atoms with Crippen molar-refractivity contribution in [1.82, 2.24) is 9.55 Å². The Bertz CT molecular complexity index is 1250. The number of carbonyl (C=O) groups is 1. The quantitative estimate of drug-likeness (QED) is 0.469. The van der Waals surface area contributed by atoms with E-state index in [0.717, 1.165) is 57.0 Å². The smallest absolute Gasteiger partial charge is 0.236 e. The van der Waals surface area contributed by atoms with Crippen LogP contribution in [-0.2, 0) is 11.3 Å². The van der Waals surface area contributed by atoms with Gasteiger partial charge in [-0.25, -0.2) is 4.98 Å². The molecule has 1 N–H and O–H groups in total. The molecule has 2 aliphatic rings. The van der Waals surface area contributed by atoms with Crippen LogP contribution < -0.4 is 10.1 Å². The molecule has 2 aliphatic heterocycles. The Balaban J connectivity index is 1.33. The van der Waals surface area contributed by atoms with Crippen LogP contribution in [0.4, 0.5) is 5.69 Å². The van der Waals surface area contributed by atoms with Gasteiger partial charge in [0.25, 0.3) is 0 Å². The number of imidazole rings is 1. The van der Waals surface area contributed by atoms with Gasteiger partial charge in [-0.3, -0.25) is 4.79 Å². The largest absolute Gasteiger partial charge is 0.457 e. The number of nitrogens with one attached hydrogen (secondary N) is 1. The van der Waals surface area contributed by atoms with Crippen molar-refractivity contribution in [3.63, 3.8) is 0 Å². The molecule has 3 aromatic carbocycles. The summed E-state index contributed by atoms with van der Waals surface area (Å²) in [5.41, 5.74) is 4.42. The number of benzene rings is 3. The molecule has 6 rings (SSSR count). The fourth-order valence-corrected chi connectivity index (χ4v) is 5.16. The Hall–Kier alpha value is -3.51. The van der Waals surface area contributed by atoms with E-state index in [1.165, 1.54) is 0 Å². The lowest BCUT2D eigenvalue weighted by Gasteiger charge is -2.27. The lowest BCUT2D eigenvalue weighted by atomic mass is 9.87. The zero-order valence-electron chi connectivity index (χ0n) is 16.6. The van der Waals surface area contributed by atoms with Gasteiger partial charge in [-0.15, -0.1) is 0 Å². The van der Waals surface area contributed by atoms with E-state index in [4.69, 9.17) is 9.72 Å². The number of aryl methyl sites for hydroxylation is 1. The summed E-state index contributed by atoms with van der Waals surface area (Å²) in [7, 11) is 0. The third-order valence-electron chi connectivity index (χ3n) is 5.67. The molecule has 5 nitrogen and oxygen atoms in total. The Morgan fingerprint density at radius 3 is 2.48 bits per heavy atom. The number of aromatic nitrogens is 2.